The van der Waals surface area contributed by atoms with Crippen molar-refractivity contribution >= 4 is 33.4 Å². The molecule has 0 aliphatic carbocycles. The molecule has 2 heterocycles. The third kappa shape index (κ3) is 3.54. The number of likely N-dealkylation sites (tertiary alicyclic amines) is 1. The molecule has 2 unspecified atom stereocenters. The molecule has 1 aliphatic heterocycles. The summed E-state index contributed by atoms with van der Waals surface area (Å²) in [7, 11) is 0. The van der Waals surface area contributed by atoms with Crippen LogP contribution in [-0.2, 0) is 20.8 Å². The lowest BCUT2D eigenvalue weighted by Crippen LogP contribution is -2.32. The van der Waals surface area contributed by atoms with Gasteiger partial charge in [0.15, 0.2) is 0 Å². The molecule has 2 aromatic rings. The molecule has 25 heavy (non-hydrogen) atoms. The molecule has 128 valence electrons. The van der Waals surface area contributed by atoms with Gasteiger partial charge in [-0.3, -0.25) is 19.4 Å². The molecule has 1 aromatic heterocycles. The van der Waals surface area contributed by atoms with Crippen LogP contribution in [0.25, 0.3) is 0 Å². The summed E-state index contributed by atoms with van der Waals surface area (Å²) in [6.07, 6.45) is 3.98. The van der Waals surface area contributed by atoms with E-state index in [1.807, 2.05) is 36.4 Å². The number of rotatable bonds is 5. The summed E-state index contributed by atoms with van der Waals surface area (Å²) in [6.45, 7) is 1.74. The Morgan fingerprint density at radius 3 is 2.36 bits per heavy atom. The van der Waals surface area contributed by atoms with Gasteiger partial charge >= 0.3 is 0 Å². The van der Waals surface area contributed by atoms with Crippen molar-refractivity contribution in [3.05, 3.63) is 64.4 Å². The van der Waals surface area contributed by atoms with Crippen LogP contribution in [0.5, 0.6) is 0 Å². The minimum absolute atomic E-state index is 0.280. The van der Waals surface area contributed by atoms with Crippen molar-refractivity contribution in [2.24, 2.45) is 5.92 Å². The lowest BCUT2D eigenvalue weighted by Gasteiger charge is -2.27. The van der Waals surface area contributed by atoms with Crippen molar-refractivity contribution in [2.75, 3.05) is 6.54 Å². The number of Topliss-reactive ketones (excluding diaryl/α,β-unsaturated/α-hetero) is 2. The number of pyridine rings is 1. The van der Waals surface area contributed by atoms with Crippen LogP contribution in [0.1, 0.15) is 24.1 Å². The number of hydrogen-bond acceptors (Lipinski definition) is 4. The van der Waals surface area contributed by atoms with Gasteiger partial charge in [-0.1, -0.05) is 28.1 Å². The van der Waals surface area contributed by atoms with E-state index in [-0.39, 0.29) is 5.78 Å². The standard InChI is InChI=1S/C19H17BrN2O3/c1-12(23)16-17(14-2-4-15(20)5-3-14)22(19(25)18(16)24)11-8-13-6-9-21-10-7-13/h2-7,9-10,16-17H,8,11H2,1H3. The molecule has 0 saturated carbocycles. The summed E-state index contributed by atoms with van der Waals surface area (Å²) in [5.41, 5.74) is 1.81. The molecule has 1 aromatic carbocycles. The van der Waals surface area contributed by atoms with Gasteiger partial charge in [0.05, 0.1) is 6.04 Å². The second-order valence-electron chi connectivity index (χ2n) is 6.05. The first kappa shape index (κ1) is 17.5. The molecule has 3 rings (SSSR count). The number of nitrogens with zero attached hydrogens (tertiary/aromatic N) is 2. The van der Waals surface area contributed by atoms with E-state index < -0.39 is 23.7 Å². The van der Waals surface area contributed by atoms with E-state index in [9.17, 15) is 14.4 Å². The van der Waals surface area contributed by atoms with Gasteiger partial charge in [0.2, 0.25) is 5.78 Å². The van der Waals surface area contributed by atoms with Crippen molar-refractivity contribution in [1.82, 2.24) is 9.88 Å². The molecule has 0 radical (unpaired) electrons. The van der Waals surface area contributed by atoms with E-state index in [0.717, 1.165) is 15.6 Å². The first-order valence-corrected chi connectivity index (χ1v) is 8.78. The average Bonchev–Trinajstić information content (AvgIpc) is 2.86. The number of benzene rings is 1. The molecule has 0 N–H and O–H groups in total. The fourth-order valence-corrected chi connectivity index (χ4v) is 3.47. The zero-order valence-electron chi connectivity index (χ0n) is 13.7. The SMILES string of the molecule is CC(=O)C1C(=O)C(=O)N(CCc2ccncc2)C1c1ccc(Br)cc1. The van der Waals surface area contributed by atoms with Crippen LogP contribution in [-0.4, -0.2) is 33.9 Å². The van der Waals surface area contributed by atoms with Crippen LogP contribution < -0.4 is 0 Å². The number of carbonyl (C=O) groups is 3. The number of carbonyl (C=O) groups excluding carboxylic acids is 3. The summed E-state index contributed by atoms with van der Waals surface area (Å²) in [5.74, 6) is -2.42. The quantitative estimate of drug-likeness (QED) is 0.571. The van der Waals surface area contributed by atoms with Crippen molar-refractivity contribution in [1.29, 1.82) is 0 Å². The predicted octanol–water partition coefficient (Wildman–Crippen LogP) is 2.74. The van der Waals surface area contributed by atoms with Crippen LogP contribution in [0.15, 0.2) is 53.3 Å². The van der Waals surface area contributed by atoms with E-state index in [1.165, 1.54) is 11.8 Å². The summed E-state index contributed by atoms with van der Waals surface area (Å²) in [6, 6.07) is 10.6. The van der Waals surface area contributed by atoms with E-state index >= 15 is 0 Å². The van der Waals surface area contributed by atoms with Crippen LogP contribution >= 0.6 is 15.9 Å². The van der Waals surface area contributed by atoms with Crippen LogP contribution in [0.4, 0.5) is 0 Å². The molecule has 1 saturated heterocycles. The Hall–Kier alpha value is -2.34. The molecular weight excluding hydrogens is 384 g/mol. The molecule has 2 atom stereocenters. The van der Waals surface area contributed by atoms with Crippen molar-refractivity contribution in [3.63, 3.8) is 0 Å². The molecule has 0 bridgehead atoms. The lowest BCUT2D eigenvalue weighted by atomic mass is 9.90. The highest BCUT2D eigenvalue weighted by molar-refractivity contribution is 9.10. The van der Waals surface area contributed by atoms with E-state index in [4.69, 9.17) is 0 Å². The molecule has 1 aliphatic rings. The van der Waals surface area contributed by atoms with Crippen LogP contribution in [0.2, 0.25) is 0 Å². The maximum Gasteiger partial charge on any atom is 0.291 e. The van der Waals surface area contributed by atoms with Gasteiger partial charge < -0.3 is 4.90 Å². The van der Waals surface area contributed by atoms with Gasteiger partial charge in [0.1, 0.15) is 11.7 Å². The largest absolute Gasteiger partial charge is 0.328 e. The Kier molecular flexibility index (Phi) is 5.08. The Morgan fingerprint density at radius 2 is 1.76 bits per heavy atom. The summed E-state index contributed by atoms with van der Waals surface area (Å²) in [5, 5.41) is 0. The van der Waals surface area contributed by atoms with Crippen LogP contribution in [0.3, 0.4) is 0 Å². The maximum absolute atomic E-state index is 12.5. The molecule has 1 amide bonds. The fraction of sp³-hybridized carbons (Fsp3) is 0.263. The first-order valence-electron chi connectivity index (χ1n) is 7.98. The minimum Gasteiger partial charge on any atom is -0.328 e. The molecular formula is C19H17BrN2O3. The van der Waals surface area contributed by atoms with Crippen molar-refractivity contribution in [2.45, 2.75) is 19.4 Å². The third-order valence-electron chi connectivity index (χ3n) is 4.45. The second-order valence-corrected chi connectivity index (χ2v) is 6.97. The minimum atomic E-state index is -0.939. The number of hydrogen-bond donors (Lipinski definition) is 0. The number of aromatic nitrogens is 1. The lowest BCUT2D eigenvalue weighted by molar-refractivity contribution is -0.142. The highest BCUT2D eigenvalue weighted by Crippen LogP contribution is 2.37. The maximum atomic E-state index is 12.5. The highest BCUT2D eigenvalue weighted by Gasteiger charge is 2.49. The van der Waals surface area contributed by atoms with Gasteiger partial charge in [-0.05, 0) is 48.7 Å². The molecule has 0 spiro atoms. The molecule has 1 fully saturated rings. The Morgan fingerprint density at radius 1 is 1.12 bits per heavy atom. The monoisotopic (exact) mass is 400 g/mol. The van der Waals surface area contributed by atoms with Gasteiger partial charge in [0.25, 0.3) is 5.91 Å². The predicted molar refractivity (Wildman–Crippen MR) is 95.7 cm³/mol. The Balaban J connectivity index is 1.92. The van der Waals surface area contributed by atoms with Crippen molar-refractivity contribution in [3.8, 4) is 0 Å². The fourth-order valence-electron chi connectivity index (χ4n) is 3.20. The summed E-state index contributed by atoms with van der Waals surface area (Å²) >= 11 is 3.38. The van der Waals surface area contributed by atoms with Crippen molar-refractivity contribution < 1.29 is 14.4 Å². The summed E-state index contributed by atoms with van der Waals surface area (Å²) < 4.78 is 0.898. The average molecular weight is 401 g/mol. The normalized spacial score (nSPS) is 20.2. The topological polar surface area (TPSA) is 67.3 Å². The second kappa shape index (κ2) is 7.27. The Bertz CT molecular complexity index is 805. The smallest absolute Gasteiger partial charge is 0.291 e. The number of ketones is 2. The van der Waals surface area contributed by atoms with E-state index in [1.54, 1.807) is 12.4 Å². The van der Waals surface area contributed by atoms with E-state index in [0.29, 0.717) is 13.0 Å². The zero-order chi connectivity index (χ0) is 18.0. The van der Waals surface area contributed by atoms with Gasteiger partial charge in [-0.25, -0.2) is 0 Å². The Labute approximate surface area is 154 Å². The summed E-state index contributed by atoms with van der Waals surface area (Å²) in [4.78, 5) is 42.4. The van der Waals surface area contributed by atoms with Gasteiger partial charge in [-0.15, -0.1) is 0 Å². The first-order chi connectivity index (χ1) is 12.0. The van der Waals surface area contributed by atoms with Crippen LogP contribution in [0, 0.1) is 5.92 Å². The van der Waals surface area contributed by atoms with E-state index in [2.05, 4.69) is 20.9 Å². The molecule has 6 heteroatoms. The highest BCUT2D eigenvalue weighted by atomic mass is 79.9. The third-order valence-corrected chi connectivity index (χ3v) is 4.97. The number of halogens is 1. The molecule has 5 nitrogen and oxygen atoms in total. The van der Waals surface area contributed by atoms with Gasteiger partial charge in [-0.2, -0.15) is 0 Å². The zero-order valence-corrected chi connectivity index (χ0v) is 15.3. The number of amides is 1. The van der Waals surface area contributed by atoms with Gasteiger partial charge in [0, 0.05) is 23.4 Å².